The first-order valence-corrected chi connectivity index (χ1v) is 9.76. The fourth-order valence-corrected chi connectivity index (χ4v) is 7.97. The molecule has 90 valence electrons. The summed E-state index contributed by atoms with van der Waals surface area (Å²) in [6, 6.07) is 11.0. The highest BCUT2D eigenvalue weighted by Crippen LogP contribution is 2.54. The standard InChI is InChI=1S/C14H25PSi/c1-13(2,3)16(15,14(4,5)6)12-10-8-7-9-11-12/h7-11H,15H2,1-6H3. The molecule has 0 saturated carbocycles. The van der Waals surface area contributed by atoms with Crippen molar-refractivity contribution in [3.8, 4) is 0 Å². The van der Waals surface area contributed by atoms with Gasteiger partial charge in [0.2, 0.25) is 0 Å². The zero-order chi connectivity index (χ0) is 12.6. The van der Waals surface area contributed by atoms with Gasteiger partial charge in [0, 0.05) is 0 Å². The van der Waals surface area contributed by atoms with Crippen molar-refractivity contribution in [2.24, 2.45) is 0 Å². The Morgan fingerprint density at radius 2 is 1.19 bits per heavy atom. The van der Waals surface area contributed by atoms with Gasteiger partial charge in [-0.3, -0.25) is 0 Å². The molecule has 0 aromatic heterocycles. The summed E-state index contributed by atoms with van der Waals surface area (Å²) in [5.41, 5.74) is 0. The van der Waals surface area contributed by atoms with E-state index >= 15 is 0 Å². The number of hydrogen-bond acceptors (Lipinski definition) is 0. The minimum atomic E-state index is -1.61. The molecule has 0 heterocycles. The lowest BCUT2D eigenvalue weighted by atomic mass is 10.2. The zero-order valence-electron chi connectivity index (χ0n) is 11.5. The molecule has 0 N–H and O–H groups in total. The van der Waals surface area contributed by atoms with Gasteiger partial charge in [-0.2, -0.15) is 0 Å². The molecule has 0 fully saturated rings. The Kier molecular flexibility index (Phi) is 3.72. The molecule has 2 heteroatoms. The molecule has 0 nitrogen and oxygen atoms in total. The lowest BCUT2D eigenvalue weighted by Crippen LogP contribution is -2.56. The molecule has 0 radical (unpaired) electrons. The maximum Gasteiger partial charge on any atom is 0.117 e. The Labute approximate surface area is 104 Å². The van der Waals surface area contributed by atoms with Crippen LogP contribution >= 0.6 is 8.79 Å². The summed E-state index contributed by atoms with van der Waals surface area (Å²) in [7, 11) is 1.65. The van der Waals surface area contributed by atoms with Crippen molar-refractivity contribution in [2.75, 3.05) is 0 Å². The molecular weight excluding hydrogens is 227 g/mol. The van der Waals surface area contributed by atoms with Gasteiger partial charge in [-0.25, -0.2) is 0 Å². The van der Waals surface area contributed by atoms with Gasteiger partial charge >= 0.3 is 0 Å². The molecule has 1 rings (SSSR count). The van der Waals surface area contributed by atoms with Crippen LogP contribution in [0.1, 0.15) is 41.5 Å². The van der Waals surface area contributed by atoms with Crippen molar-refractivity contribution in [3.63, 3.8) is 0 Å². The van der Waals surface area contributed by atoms with Gasteiger partial charge in [0.1, 0.15) is 7.74 Å². The molecular formula is C14H25PSi. The average Bonchev–Trinajstić information content (AvgIpc) is 2.14. The molecule has 16 heavy (non-hydrogen) atoms. The molecule has 1 aromatic rings. The van der Waals surface area contributed by atoms with E-state index in [0.29, 0.717) is 10.1 Å². The minimum absolute atomic E-state index is 0.345. The molecule has 0 aliphatic heterocycles. The largest absolute Gasteiger partial charge is 0.143 e. The van der Waals surface area contributed by atoms with Crippen LogP contribution in [0.2, 0.25) is 10.1 Å². The van der Waals surface area contributed by atoms with Crippen molar-refractivity contribution >= 4 is 21.7 Å². The van der Waals surface area contributed by atoms with Gasteiger partial charge in [0.25, 0.3) is 0 Å². The van der Waals surface area contributed by atoms with Crippen LogP contribution in [-0.4, -0.2) is 7.74 Å². The number of hydrogen-bond donors (Lipinski definition) is 0. The third-order valence-corrected chi connectivity index (χ3v) is 15.8. The Morgan fingerprint density at radius 3 is 1.50 bits per heavy atom. The first-order valence-electron chi connectivity index (χ1n) is 5.95. The smallest absolute Gasteiger partial charge is 0.117 e. The second-order valence-corrected chi connectivity index (χ2v) is 14.5. The van der Waals surface area contributed by atoms with Gasteiger partial charge in [0.05, 0.1) is 0 Å². The summed E-state index contributed by atoms with van der Waals surface area (Å²) in [5, 5.41) is 2.23. The van der Waals surface area contributed by atoms with Gasteiger partial charge in [-0.1, -0.05) is 77.1 Å². The van der Waals surface area contributed by atoms with Crippen LogP contribution in [0.5, 0.6) is 0 Å². The van der Waals surface area contributed by atoms with Crippen LogP contribution in [0.25, 0.3) is 0 Å². The highest BCUT2D eigenvalue weighted by atomic mass is 31.3. The summed E-state index contributed by atoms with van der Waals surface area (Å²) in [4.78, 5) is 0. The van der Waals surface area contributed by atoms with E-state index in [2.05, 4.69) is 80.7 Å². The number of rotatable bonds is 1. The Balaban J connectivity index is 3.39. The lowest BCUT2D eigenvalue weighted by molar-refractivity contribution is 0.646. The number of benzene rings is 1. The van der Waals surface area contributed by atoms with E-state index in [9.17, 15) is 0 Å². The Hall–Kier alpha value is -0.133. The molecule has 0 saturated heterocycles. The molecule has 0 aliphatic carbocycles. The van der Waals surface area contributed by atoms with Crippen LogP contribution in [0.3, 0.4) is 0 Å². The summed E-state index contributed by atoms with van der Waals surface area (Å²) in [6.45, 7) is 14.3. The molecule has 0 spiro atoms. The van der Waals surface area contributed by atoms with Crippen LogP contribution in [0, 0.1) is 0 Å². The van der Waals surface area contributed by atoms with Gasteiger partial charge < -0.3 is 0 Å². The third kappa shape index (κ3) is 2.26. The summed E-state index contributed by atoms with van der Waals surface area (Å²) in [6.07, 6.45) is 0. The summed E-state index contributed by atoms with van der Waals surface area (Å²) >= 11 is 0. The van der Waals surface area contributed by atoms with E-state index in [4.69, 9.17) is 0 Å². The molecule has 0 aliphatic rings. The van der Waals surface area contributed by atoms with E-state index in [1.54, 1.807) is 5.19 Å². The molecule has 1 atom stereocenters. The van der Waals surface area contributed by atoms with E-state index in [0.717, 1.165) is 0 Å². The quantitative estimate of drug-likeness (QED) is 0.516. The van der Waals surface area contributed by atoms with Crippen molar-refractivity contribution in [1.29, 1.82) is 0 Å². The van der Waals surface area contributed by atoms with Crippen LogP contribution in [0.15, 0.2) is 30.3 Å². The lowest BCUT2D eigenvalue weighted by Gasteiger charge is -2.49. The monoisotopic (exact) mass is 252 g/mol. The molecule has 1 unspecified atom stereocenters. The van der Waals surface area contributed by atoms with Crippen molar-refractivity contribution in [3.05, 3.63) is 30.3 Å². The summed E-state index contributed by atoms with van der Waals surface area (Å²) in [5.74, 6) is 0. The van der Waals surface area contributed by atoms with Crippen LogP contribution in [-0.2, 0) is 0 Å². The van der Waals surface area contributed by atoms with Gasteiger partial charge in [-0.05, 0) is 10.1 Å². The van der Waals surface area contributed by atoms with E-state index in [-0.39, 0.29) is 0 Å². The Morgan fingerprint density at radius 1 is 0.812 bits per heavy atom. The van der Waals surface area contributed by atoms with Crippen molar-refractivity contribution < 1.29 is 0 Å². The van der Waals surface area contributed by atoms with Crippen LogP contribution in [0.4, 0.5) is 0 Å². The van der Waals surface area contributed by atoms with E-state index in [1.807, 2.05) is 0 Å². The topological polar surface area (TPSA) is 0 Å². The van der Waals surface area contributed by atoms with Crippen LogP contribution < -0.4 is 5.19 Å². The van der Waals surface area contributed by atoms with Gasteiger partial charge in [0.15, 0.2) is 0 Å². The fourth-order valence-electron chi connectivity index (χ4n) is 2.69. The highest BCUT2D eigenvalue weighted by Gasteiger charge is 2.50. The fraction of sp³-hybridized carbons (Fsp3) is 0.571. The zero-order valence-corrected chi connectivity index (χ0v) is 13.6. The predicted molar refractivity (Wildman–Crippen MR) is 81.0 cm³/mol. The third-order valence-electron chi connectivity index (χ3n) is 3.60. The van der Waals surface area contributed by atoms with E-state index < -0.39 is 7.74 Å². The first kappa shape index (κ1) is 13.9. The molecule has 1 aromatic carbocycles. The van der Waals surface area contributed by atoms with Crippen molar-refractivity contribution in [2.45, 2.75) is 51.6 Å². The van der Waals surface area contributed by atoms with Gasteiger partial charge in [-0.15, -0.1) is 8.79 Å². The normalized spacial score (nSPS) is 13.9. The first-order chi connectivity index (χ1) is 7.11. The maximum atomic E-state index is 3.26. The second kappa shape index (κ2) is 4.27. The predicted octanol–water partition coefficient (Wildman–Crippen LogP) is 4.31. The molecule has 0 bridgehead atoms. The SMILES string of the molecule is CC(C)(C)[Si](P)(c1ccccc1)C(C)(C)C. The minimum Gasteiger partial charge on any atom is -0.143 e. The maximum absolute atomic E-state index is 3.26. The average molecular weight is 252 g/mol. The van der Waals surface area contributed by atoms with Crippen molar-refractivity contribution in [1.82, 2.24) is 0 Å². The second-order valence-electron chi connectivity index (χ2n) is 6.67. The van der Waals surface area contributed by atoms with E-state index in [1.165, 1.54) is 0 Å². The summed E-state index contributed by atoms with van der Waals surface area (Å²) < 4.78 is 0. The Bertz CT molecular complexity index is 329. The highest BCUT2D eigenvalue weighted by molar-refractivity contribution is 7.73. The molecule has 0 amide bonds.